The smallest absolute Gasteiger partial charge is 0.191 e. The van der Waals surface area contributed by atoms with E-state index in [0.717, 1.165) is 27.9 Å². The molecule has 0 saturated heterocycles. The van der Waals surface area contributed by atoms with Crippen LogP contribution in [0.15, 0.2) is 58.0 Å². The van der Waals surface area contributed by atoms with E-state index < -0.39 is 6.10 Å². The Labute approximate surface area is 163 Å². The second kappa shape index (κ2) is 10.2. The Morgan fingerprint density at radius 3 is 2.69 bits per heavy atom. The van der Waals surface area contributed by atoms with Crippen molar-refractivity contribution in [2.75, 3.05) is 20.2 Å². The van der Waals surface area contributed by atoms with Crippen molar-refractivity contribution in [1.29, 1.82) is 0 Å². The number of ether oxygens (including phenoxy) is 1. The van der Waals surface area contributed by atoms with Crippen molar-refractivity contribution in [2.24, 2.45) is 4.99 Å². The molecule has 26 heavy (non-hydrogen) atoms. The number of aliphatic imine (C=N–C) groups is 1. The van der Waals surface area contributed by atoms with Gasteiger partial charge < -0.3 is 20.5 Å². The highest BCUT2D eigenvalue weighted by Crippen LogP contribution is 2.23. The number of rotatable bonds is 7. The third-order valence-electron chi connectivity index (χ3n) is 3.97. The maximum absolute atomic E-state index is 10.4. The fourth-order valence-electron chi connectivity index (χ4n) is 2.56. The Hall–Kier alpha value is -2.05. The summed E-state index contributed by atoms with van der Waals surface area (Å²) >= 11 is 3.58. The monoisotopic (exact) mass is 419 g/mol. The van der Waals surface area contributed by atoms with Gasteiger partial charge in [0.1, 0.15) is 5.75 Å². The number of hydrogen-bond acceptors (Lipinski definition) is 3. The molecule has 140 valence electrons. The second-order valence-electron chi connectivity index (χ2n) is 5.90. The summed E-state index contributed by atoms with van der Waals surface area (Å²) < 4.78 is 6.25. The molecule has 2 aromatic carbocycles. The summed E-state index contributed by atoms with van der Waals surface area (Å²) in [7, 11) is 1.61. The summed E-state index contributed by atoms with van der Waals surface area (Å²) in [6.07, 6.45) is -0.695. The molecule has 0 radical (unpaired) electrons. The van der Waals surface area contributed by atoms with Crippen molar-refractivity contribution >= 4 is 21.9 Å². The second-order valence-corrected chi connectivity index (χ2v) is 6.75. The van der Waals surface area contributed by atoms with Gasteiger partial charge in [0.25, 0.3) is 0 Å². The van der Waals surface area contributed by atoms with Gasteiger partial charge in [-0.15, -0.1) is 0 Å². The summed E-state index contributed by atoms with van der Waals surface area (Å²) in [4.78, 5) is 4.53. The van der Waals surface area contributed by atoms with Crippen molar-refractivity contribution < 1.29 is 9.84 Å². The van der Waals surface area contributed by atoms with Gasteiger partial charge >= 0.3 is 0 Å². The molecule has 0 amide bonds. The fourth-order valence-corrected chi connectivity index (χ4v) is 3.19. The molecule has 6 heteroatoms. The van der Waals surface area contributed by atoms with E-state index in [1.54, 1.807) is 7.11 Å². The first-order valence-electron chi connectivity index (χ1n) is 8.66. The Bertz CT molecular complexity index is 737. The SMILES string of the molecule is CCNC(=NCC(O)c1cccc(OC)c1)NC(C)c1ccccc1Br. The van der Waals surface area contributed by atoms with Crippen LogP contribution >= 0.6 is 15.9 Å². The largest absolute Gasteiger partial charge is 0.497 e. The molecular formula is C20H26BrN3O2. The molecule has 5 nitrogen and oxygen atoms in total. The molecule has 2 atom stereocenters. The van der Waals surface area contributed by atoms with Gasteiger partial charge in [0.2, 0.25) is 0 Å². The highest BCUT2D eigenvalue weighted by Gasteiger charge is 2.12. The minimum Gasteiger partial charge on any atom is -0.497 e. The first-order chi connectivity index (χ1) is 12.5. The van der Waals surface area contributed by atoms with Crippen LogP contribution in [-0.2, 0) is 0 Å². The lowest BCUT2D eigenvalue weighted by Crippen LogP contribution is -2.39. The van der Waals surface area contributed by atoms with Gasteiger partial charge in [-0.25, -0.2) is 0 Å². The van der Waals surface area contributed by atoms with E-state index in [9.17, 15) is 5.11 Å². The van der Waals surface area contributed by atoms with E-state index in [-0.39, 0.29) is 12.6 Å². The van der Waals surface area contributed by atoms with Crippen LogP contribution in [0.5, 0.6) is 5.75 Å². The molecule has 2 aromatic rings. The zero-order valence-electron chi connectivity index (χ0n) is 15.4. The fraction of sp³-hybridized carbons (Fsp3) is 0.350. The quantitative estimate of drug-likeness (QED) is 0.471. The predicted octanol–water partition coefficient (Wildman–Crippen LogP) is 3.81. The molecule has 0 fully saturated rings. The van der Waals surface area contributed by atoms with Crippen LogP contribution in [-0.4, -0.2) is 31.3 Å². The lowest BCUT2D eigenvalue weighted by Gasteiger charge is -2.20. The minimum atomic E-state index is -0.695. The maximum Gasteiger partial charge on any atom is 0.191 e. The van der Waals surface area contributed by atoms with Crippen LogP contribution in [0.2, 0.25) is 0 Å². The number of nitrogens with zero attached hydrogens (tertiary/aromatic N) is 1. The Kier molecular flexibility index (Phi) is 7.94. The average Bonchev–Trinajstić information content (AvgIpc) is 2.66. The van der Waals surface area contributed by atoms with Gasteiger partial charge in [-0.2, -0.15) is 0 Å². The predicted molar refractivity (Wildman–Crippen MR) is 110 cm³/mol. The number of benzene rings is 2. The molecule has 0 aliphatic heterocycles. The van der Waals surface area contributed by atoms with E-state index >= 15 is 0 Å². The molecule has 0 saturated carbocycles. The topological polar surface area (TPSA) is 65.9 Å². The highest BCUT2D eigenvalue weighted by molar-refractivity contribution is 9.10. The number of methoxy groups -OCH3 is 1. The summed E-state index contributed by atoms with van der Waals surface area (Å²) in [5, 5.41) is 17.0. The summed E-state index contributed by atoms with van der Waals surface area (Å²) in [6.45, 7) is 5.08. The molecule has 0 bridgehead atoms. The molecule has 3 N–H and O–H groups in total. The van der Waals surface area contributed by atoms with Gasteiger partial charge in [-0.3, -0.25) is 4.99 Å². The van der Waals surface area contributed by atoms with Crippen molar-refractivity contribution in [1.82, 2.24) is 10.6 Å². The van der Waals surface area contributed by atoms with Crippen molar-refractivity contribution in [3.63, 3.8) is 0 Å². The van der Waals surface area contributed by atoms with Gasteiger partial charge in [-0.1, -0.05) is 46.3 Å². The summed E-state index contributed by atoms with van der Waals surface area (Å²) in [5.74, 6) is 1.39. The number of nitrogens with one attached hydrogen (secondary N) is 2. The van der Waals surface area contributed by atoms with E-state index in [0.29, 0.717) is 5.96 Å². The highest BCUT2D eigenvalue weighted by atomic mass is 79.9. The molecule has 0 spiro atoms. The normalized spacial score (nSPS) is 13.8. The van der Waals surface area contributed by atoms with Crippen LogP contribution in [0.4, 0.5) is 0 Å². The van der Waals surface area contributed by atoms with Gasteiger partial charge in [-0.05, 0) is 43.2 Å². The lowest BCUT2D eigenvalue weighted by molar-refractivity contribution is 0.186. The zero-order chi connectivity index (χ0) is 18.9. The van der Waals surface area contributed by atoms with E-state index in [4.69, 9.17) is 4.74 Å². The number of aliphatic hydroxyl groups is 1. The van der Waals surface area contributed by atoms with Crippen LogP contribution in [0.1, 0.15) is 37.1 Å². The molecular weight excluding hydrogens is 394 g/mol. The number of halogens is 1. The van der Waals surface area contributed by atoms with Crippen LogP contribution in [0.3, 0.4) is 0 Å². The van der Waals surface area contributed by atoms with E-state index in [2.05, 4.69) is 44.5 Å². The first-order valence-corrected chi connectivity index (χ1v) is 9.45. The third-order valence-corrected chi connectivity index (χ3v) is 4.69. The molecule has 0 heterocycles. The van der Waals surface area contributed by atoms with Crippen LogP contribution in [0.25, 0.3) is 0 Å². The van der Waals surface area contributed by atoms with Crippen molar-refractivity contribution in [2.45, 2.75) is 26.0 Å². The van der Waals surface area contributed by atoms with Crippen molar-refractivity contribution in [3.8, 4) is 5.75 Å². The van der Waals surface area contributed by atoms with Gasteiger partial charge in [0.15, 0.2) is 5.96 Å². The number of hydrogen-bond donors (Lipinski definition) is 3. The Morgan fingerprint density at radius 1 is 1.23 bits per heavy atom. The summed E-state index contributed by atoms with van der Waals surface area (Å²) in [6, 6.07) is 15.6. The summed E-state index contributed by atoms with van der Waals surface area (Å²) in [5.41, 5.74) is 1.93. The van der Waals surface area contributed by atoms with Gasteiger partial charge in [0, 0.05) is 11.0 Å². The standard InChI is InChI=1S/C20H26BrN3O2/c1-4-22-20(24-14(2)17-10-5-6-11-18(17)21)23-13-19(25)15-8-7-9-16(12-15)26-3/h5-12,14,19,25H,4,13H2,1-3H3,(H2,22,23,24). The van der Waals surface area contributed by atoms with E-state index in [1.165, 1.54) is 0 Å². The molecule has 2 unspecified atom stereocenters. The first kappa shape index (κ1) is 20.3. The lowest BCUT2D eigenvalue weighted by atomic mass is 10.1. The third kappa shape index (κ3) is 5.75. The molecule has 0 aliphatic carbocycles. The van der Waals surface area contributed by atoms with E-state index in [1.807, 2.05) is 49.4 Å². The van der Waals surface area contributed by atoms with Crippen LogP contribution < -0.4 is 15.4 Å². The number of guanidine groups is 1. The number of aliphatic hydroxyl groups excluding tert-OH is 1. The Balaban J connectivity index is 2.06. The van der Waals surface area contributed by atoms with Gasteiger partial charge in [0.05, 0.1) is 25.8 Å². The minimum absolute atomic E-state index is 0.0670. The zero-order valence-corrected chi connectivity index (χ0v) is 17.0. The average molecular weight is 420 g/mol. The maximum atomic E-state index is 10.4. The van der Waals surface area contributed by atoms with Crippen molar-refractivity contribution in [3.05, 3.63) is 64.1 Å². The Morgan fingerprint density at radius 2 is 2.00 bits per heavy atom. The molecule has 0 aromatic heterocycles. The molecule has 2 rings (SSSR count). The molecule has 0 aliphatic rings. The van der Waals surface area contributed by atoms with Crippen LogP contribution in [0, 0.1) is 0 Å².